The first-order valence-electron chi connectivity index (χ1n) is 7.50. The summed E-state index contributed by atoms with van der Waals surface area (Å²) in [5.74, 6) is 1.12. The second-order valence-electron chi connectivity index (χ2n) is 6.15. The molecule has 0 radical (unpaired) electrons. The third-order valence-corrected chi connectivity index (χ3v) is 5.35. The van der Waals surface area contributed by atoms with Gasteiger partial charge in [0.2, 0.25) is 5.91 Å². The highest BCUT2D eigenvalue weighted by atomic mass is 16.4. The first-order chi connectivity index (χ1) is 9.48. The number of fused-ring (bicyclic) bond motifs is 2. The van der Waals surface area contributed by atoms with Gasteiger partial charge in [-0.05, 0) is 43.9 Å². The molecule has 0 heterocycles. The second kappa shape index (κ2) is 5.47. The summed E-state index contributed by atoms with van der Waals surface area (Å²) >= 11 is 0. The van der Waals surface area contributed by atoms with E-state index in [9.17, 15) is 14.7 Å². The van der Waals surface area contributed by atoms with E-state index >= 15 is 0 Å². The number of carbonyl (C=O) groups excluding carboxylic acids is 1. The second-order valence-corrected chi connectivity index (χ2v) is 6.15. The van der Waals surface area contributed by atoms with Crippen LogP contribution < -0.4 is 5.32 Å². The summed E-state index contributed by atoms with van der Waals surface area (Å²) in [6.45, 7) is 3.89. The maximum absolute atomic E-state index is 12.6. The van der Waals surface area contributed by atoms with Crippen molar-refractivity contribution in [1.82, 2.24) is 5.32 Å². The lowest BCUT2D eigenvalue weighted by Crippen LogP contribution is -2.51. The fourth-order valence-electron chi connectivity index (χ4n) is 4.01. The predicted molar refractivity (Wildman–Crippen MR) is 75.7 cm³/mol. The van der Waals surface area contributed by atoms with Gasteiger partial charge in [0.15, 0.2) is 0 Å². The van der Waals surface area contributed by atoms with Crippen LogP contribution in [0.3, 0.4) is 0 Å². The normalized spacial score (nSPS) is 31.9. The maximum atomic E-state index is 12.6. The number of rotatable bonds is 5. The molecule has 0 spiro atoms. The van der Waals surface area contributed by atoms with E-state index in [1.165, 1.54) is 0 Å². The number of hydrogen-bond acceptors (Lipinski definition) is 2. The summed E-state index contributed by atoms with van der Waals surface area (Å²) in [6, 6.07) is 0. The summed E-state index contributed by atoms with van der Waals surface area (Å²) in [5, 5.41) is 12.4. The SMILES string of the molecule is C#CC(CC)(CC)NC(=O)[C@@H]1[C@H]2CC[C@@H](C2)[C@H]1C(=O)O. The summed E-state index contributed by atoms with van der Waals surface area (Å²) in [6.07, 6.45) is 9.65. The van der Waals surface area contributed by atoms with Crippen molar-refractivity contribution < 1.29 is 14.7 Å². The number of carboxylic acids is 1. The van der Waals surface area contributed by atoms with Gasteiger partial charge >= 0.3 is 5.97 Å². The van der Waals surface area contributed by atoms with E-state index in [0.717, 1.165) is 19.3 Å². The van der Waals surface area contributed by atoms with Gasteiger partial charge < -0.3 is 10.4 Å². The molecule has 0 aliphatic heterocycles. The summed E-state index contributed by atoms with van der Waals surface area (Å²) in [4.78, 5) is 24.0. The average molecular weight is 277 g/mol. The van der Waals surface area contributed by atoms with Crippen LogP contribution in [0.1, 0.15) is 46.0 Å². The van der Waals surface area contributed by atoms with Crippen molar-refractivity contribution in [2.24, 2.45) is 23.7 Å². The zero-order valence-electron chi connectivity index (χ0n) is 12.2. The van der Waals surface area contributed by atoms with E-state index in [2.05, 4.69) is 11.2 Å². The number of nitrogens with one attached hydrogen (secondary N) is 1. The minimum absolute atomic E-state index is 0.161. The quantitative estimate of drug-likeness (QED) is 0.756. The molecule has 2 N–H and O–H groups in total. The molecule has 2 bridgehead atoms. The molecule has 0 aromatic heterocycles. The zero-order chi connectivity index (χ0) is 14.9. The van der Waals surface area contributed by atoms with Crippen LogP contribution >= 0.6 is 0 Å². The number of carbonyl (C=O) groups is 2. The highest BCUT2D eigenvalue weighted by Gasteiger charge is 2.54. The van der Waals surface area contributed by atoms with Gasteiger partial charge in [-0.25, -0.2) is 0 Å². The zero-order valence-corrected chi connectivity index (χ0v) is 12.2. The lowest BCUT2D eigenvalue weighted by molar-refractivity contribution is -0.149. The molecule has 0 unspecified atom stereocenters. The number of carboxylic acid groups (broad SMARTS) is 1. The Morgan fingerprint density at radius 1 is 1.25 bits per heavy atom. The van der Waals surface area contributed by atoms with Crippen LogP contribution in [0.15, 0.2) is 0 Å². The summed E-state index contributed by atoms with van der Waals surface area (Å²) < 4.78 is 0. The van der Waals surface area contributed by atoms with Gasteiger partial charge in [0.1, 0.15) is 5.54 Å². The minimum atomic E-state index is -0.836. The van der Waals surface area contributed by atoms with E-state index in [1.807, 2.05) is 13.8 Å². The summed E-state index contributed by atoms with van der Waals surface area (Å²) in [5.41, 5.74) is -0.637. The molecular weight excluding hydrogens is 254 g/mol. The summed E-state index contributed by atoms with van der Waals surface area (Å²) in [7, 11) is 0. The van der Waals surface area contributed by atoms with Crippen LogP contribution in [0.4, 0.5) is 0 Å². The van der Waals surface area contributed by atoms with Crippen molar-refractivity contribution in [2.75, 3.05) is 0 Å². The molecule has 2 fully saturated rings. The Kier molecular flexibility index (Phi) is 4.08. The third kappa shape index (κ3) is 2.30. The molecule has 2 aliphatic rings. The molecule has 110 valence electrons. The van der Waals surface area contributed by atoms with Crippen LogP contribution in [0.25, 0.3) is 0 Å². The highest BCUT2D eigenvalue weighted by Crippen LogP contribution is 2.52. The molecule has 0 saturated heterocycles. The van der Waals surface area contributed by atoms with E-state index in [-0.39, 0.29) is 17.7 Å². The molecule has 0 aromatic rings. The number of terminal acetylenes is 1. The Bertz CT molecular complexity index is 447. The highest BCUT2D eigenvalue weighted by molar-refractivity contribution is 5.87. The van der Waals surface area contributed by atoms with Gasteiger partial charge in [-0.2, -0.15) is 0 Å². The first-order valence-corrected chi connectivity index (χ1v) is 7.50. The van der Waals surface area contributed by atoms with Crippen LogP contribution in [0.5, 0.6) is 0 Å². The molecule has 4 nitrogen and oxygen atoms in total. The van der Waals surface area contributed by atoms with Gasteiger partial charge in [-0.1, -0.05) is 19.8 Å². The largest absolute Gasteiger partial charge is 0.481 e. The monoisotopic (exact) mass is 277 g/mol. The number of hydrogen-bond donors (Lipinski definition) is 2. The van der Waals surface area contributed by atoms with E-state index in [1.54, 1.807) is 0 Å². The fourth-order valence-corrected chi connectivity index (χ4v) is 4.01. The maximum Gasteiger partial charge on any atom is 0.307 e. The molecule has 2 rings (SSSR count). The van der Waals surface area contributed by atoms with Crippen molar-refractivity contribution in [3.63, 3.8) is 0 Å². The topological polar surface area (TPSA) is 66.4 Å². The van der Waals surface area contributed by atoms with Crippen LogP contribution in [0, 0.1) is 36.0 Å². The third-order valence-electron chi connectivity index (χ3n) is 5.35. The molecular formula is C16H23NO3. The first kappa shape index (κ1) is 14.9. The molecule has 4 heteroatoms. The Morgan fingerprint density at radius 3 is 2.25 bits per heavy atom. The van der Waals surface area contributed by atoms with E-state index in [0.29, 0.717) is 12.8 Å². The molecule has 4 atom stereocenters. The van der Waals surface area contributed by atoms with Gasteiger partial charge in [0, 0.05) is 0 Å². The van der Waals surface area contributed by atoms with Crippen molar-refractivity contribution in [3.8, 4) is 12.3 Å². The van der Waals surface area contributed by atoms with E-state index in [4.69, 9.17) is 6.42 Å². The molecule has 1 amide bonds. The molecule has 0 aromatic carbocycles. The Balaban J connectivity index is 2.16. The fraction of sp³-hybridized carbons (Fsp3) is 0.750. The minimum Gasteiger partial charge on any atom is -0.481 e. The van der Waals surface area contributed by atoms with Gasteiger partial charge in [0.05, 0.1) is 11.8 Å². The van der Waals surface area contributed by atoms with Gasteiger partial charge in [0.25, 0.3) is 0 Å². The molecule has 2 aliphatic carbocycles. The van der Waals surface area contributed by atoms with E-state index < -0.39 is 23.3 Å². The Labute approximate surface area is 120 Å². The van der Waals surface area contributed by atoms with Crippen LogP contribution in [0.2, 0.25) is 0 Å². The molecule has 20 heavy (non-hydrogen) atoms. The lowest BCUT2D eigenvalue weighted by Gasteiger charge is -2.33. The Morgan fingerprint density at radius 2 is 1.80 bits per heavy atom. The number of amides is 1. The predicted octanol–water partition coefficient (Wildman–Crippen LogP) is 2.04. The van der Waals surface area contributed by atoms with Crippen molar-refractivity contribution in [2.45, 2.75) is 51.5 Å². The smallest absolute Gasteiger partial charge is 0.307 e. The van der Waals surface area contributed by atoms with Crippen LogP contribution in [-0.2, 0) is 9.59 Å². The lowest BCUT2D eigenvalue weighted by atomic mass is 9.78. The van der Waals surface area contributed by atoms with Crippen molar-refractivity contribution in [1.29, 1.82) is 0 Å². The number of aliphatic carboxylic acids is 1. The van der Waals surface area contributed by atoms with Gasteiger partial charge in [-0.15, -0.1) is 6.42 Å². The Hall–Kier alpha value is -1.50. The standard InChI is InChI=1S/C16H23NO3/c1-4-16(5-2,6-3)17-14(18)12-10-7-8-11(9-10)13(12)15(19)20/h1,10-13H,5-9H2,2-3H3,(H,17,18)(H,19,20)/t10-,11-,12+,13+/m0/s1. The van der Waals surface area contributed by atoms with Gasteiger partial charge in [-0.3, -0.25) is 9.59 Å². The van der Waals surface area contributed by atoms with Crippen molar-refractivity contribution >= 4 is 11.9 Å². The molecule has 2 saturated carbocycles. The van der Waals surface area contributed by atoms with Crippen LogP contribution in [-0.4, -0.2) is 22.5 Å². The van der Waals surface area contributed by atoms with Crippen molar-refractivity contribution in [3.05, 3.63) is 0 Å². The average Bonchev–Trinajstić information content (AvgIpc) is 3.05.